The van der Waals surface area contributed by atoms with Crippen LogP contribution in [0.3, 0.4) is 0 Å². The summed E-state index contributed by atoms with van der Waals surface area (Å²) in [7, 11) is -3.60. The van der Waals surface area contributed by atoms with E-state index in [-0.39, 0.29) is 23.5 Å². The number of aromatic carboxylic acids is 1. The predicted molar refractivity (Wildman–Crippen MR) is 68.4 cm³/mol. The molecule has 0 fully saturated rings. The van der Waals surface area contributed by atoms with E-state index in [1.54, 1.807) is 6.07 Å². The van der Waals surface area contributed by atoms with Gasteiger partial charge in [0.05, 0.1) is 11.8 Å². The molecule has 104 valence electrons. The van der Waals surface area contributed by atoms with Gasteiger partial charge in [0.1, 0.15) is 4.90 Å². The molecule has 0 bridgehead atoms. The Morgan fingerprint density at radius 3 is 2.70 bits per heavy atom. The fourth-order valence-corrected chi connectivity index (χ4v) is 3.50. The van der Waals surface area contributed by atoms with Crippen molar-refractivity contribution in [1.82, 2.24) is 14.5 Å². The monoisotopic (exact) mass is 293 g/mol. The predicted octanol–water partition coefficient (Wildman–Crippen LogP) is 0.812. The van der Waals surface area contributed by atoms with Crippen molar-refractivity contribution in [3.05, 3.63) is 47.3 Å². The van der Waals surface area contributed by atoms with Crippen molar-refractivity contribution in [3.63, 3.8) is 0 Å². The van der Waals surface area contributed by atoms with Crippen LogP contribution in [0.4, 0.5) is 0 Å². The molecule has 1 aliphatic heterocycles. The van der Waals surface area contributed by atoms with Crippen molar-refractivity contribution in [2.24, 2.45) is 0 Å². The number of carboxylic acids is 1. The van der Waals surface area contributed by atoms with Gasteiger partial charge in [-0.05, 0) is 23.3 Å². The molecule has 0 amide bonds. The van der Waals surface area contributed by atoms with Gasteiger partial charge >= 0.3 is 5.97 Å². The summed E-state index contributed by atoms with van der Waals surface area (Å²) < 4.78 is 26.0. The maximum absolute atomic E-state index is 12.3. The van der Waals surface area contributed by atoms with E-state index in [9.17, 15) is 13.2 Å². The summed E-state index contributed by atoms with van der Waals surface area (Å²) in [4.78, 5) is 11.0. The average Bonchev–Trinajstić information content (AvgIpc) is 3.07. The number of rotatable bonds is 3. The molecule has 0 spiro atoms. The van der Waals surface area contributed by atoms with Gasteiger partial charge in [-0.25, -0.2) is 13.2 Å². The number of fused-ring (bicyclic) bond motifs is 1. The maximum atomic E-state index is 12.3. The van der Waals surface area contributed by atoms with Crippen LogP contribution in [-0.4, -0.2) is 34.0 Å². The molecule has 0 aliphatic carbocycles. The minimum atomic E-state index is -3.60. The summed E-state index contributed by atoms with van der Waals surface area (Å²) in [6, 6.07) is 4.65. The van der Waals surface area contributed by atoms with Crippen molar-refractivity contribution in [1.29, 1.82) is 0 Å². The highest BCUT2D eigenvalue weighted by Crippen LogP contribution is 2.28. The van der Waals surface area contributed by atoms with Crippen molar-refractivity contribution in [3.8, 4) is 0 Å². The van der Waals surface area contributed by atoms with E-state index in [4.69, 9.17) is 5.11 Å². The third kappa shape index (κ3) is 1.98. The van der Waals surface area contributed by atoms with Gasteiger partial charge in [0.25, 0.3) is 0 Å². The lowest BCUT2D eigenvalue weighted by molar-refractivity contribution is 0.0696. The van der Waals surface area contributed by atoms with Gasteiger partial charge in [-0.3, -0.25) is 5.10 Å². The van der Waals surface area contributed by atoms with E-state index in [0.29, 0.717) is 0 Å². The van der Waals surface area contributed by atoms with Gasteiger partial charge in [-0.2, -0.15) is 9.40 Å². The van der Waals surface area contributed by atoms with Crippen LogP contribution in [-0.2, 0) is 23.1 Å². The zero-order valence-electron chi connectivity index (χ0n) is 10.3. The number of carboxylic acid groups (broad SMARTS) is 1. The number of sulfonamides is 1. The van der Waals surface area contributed by atoms with Gasteiger partial charge in [-0.1, -0.05) is 6.07 Å². The van der Waals surface area contributed by atoms with Crippen LogP contribution < -0.4 is 0 Å². The van der Waals surface area contributed by atoms with Crippen LogP contribution in [0.25, 0.3) is 0 Å². The first-order valence-electron chi connectivity index (χ1n) is 5.82. The standard InChI is InChI=1S/C12H11N3O4S/c16-12(17)8-1-2-9-6-15(7-10(9)3-8)20(18,19)11-4-13-14-5-11/h1-5H,6-7H2,(H,13,14)(H,16,17). The number of aromatic amines is 1. The number of nitrogens with one attached hydrogen (secondary N) is 1. The smallest absolute Gasteiger partial charge is 0.335 e. The first-order valence-corrected chi connectivity index (χ1v) is 7.26. The van der Waals surface area contributed by atoms with Gasteiger partial charge in [-0.15, -0.1) is 0 Å². The molecule has 1 aliphatic rings. The van der Waals surface area contributed by atoms with Crippen molar-refractivity contribution in [2.45, 2.75) is 18.0 Å². The van der Waals surface area contributed by atoms with Crippen LogP contribution in [0.5, 0.6) is 0 Å². The molecule has 0 saturated heterocycles. The molecule has 0 unspecified atom stereocenters. The summed E-state index contributed by atoms with van der Waals surface area (Å²) in [5.74, 6) is -1.02. The lowest BCUT2D eigenvalue weighted by atomic mass is 10.1. The zero-order chi connectivity index (χ0) is 14.3. The Labute approximate surface area is 114 Å². The average molecular weight is 293 g/mol. The largest absolute Gasteiger partial charge is 0.478 e. The van der Waals surface area contributed by atoms with E-state index in [1.165, 1.54) is 28.8 Å². The summed E-state index contributed by atoms with van der Waals surface area (Å²) >= 11 is 0. The SMILES string of the molecule is O=C(O)c1ccc2c(c1)CN(S(=O)(=O)c1cn[nH]c1)C2. The Morgan fingerprint density at radius 1 is 1.30 bits per heavy atom. The molecule has 3 rings (SSSR count). The Kier molecular flexibility index (Phi) is 2.84. The minimum Gasteiger partial charge on any atom is -0.478 e. The zero-order valence-corrected chi connectivity index (χ0v) is 11.1. The molecular formula is C12H11N3O4S. The highest BCUT2D eigenvalue weighted by Gasteiger charge is 2.31. The molecule has 20 heavy (non-hydrogen) atoms. The summed E-state index contributed by atoms with van der Waals surface area (Å²) in [5, 5.41) is 15.1. The van der Waals surface area contributed by atoms with Gasteiger partial charge < -0.3 is 5.11 Å². The first kappa shape index (κ1) is 12.8. The first-order chi connectivity index (χ1) is 9.48. The Hall–Kier alpha value is -2.19. The van der Waals surface area contributed by atoms with Crippen LogP contribution in [0, 0.1) is 0 Å². The lowest BCUT2D eigenvalue weighted by Gasteiger charge is -2.13. The molecule has 2 heterocycles. The lowest BCUT2D eigenvalue weighted by Crippen LogP contribution is -2.25. The van der Waals surface area contributed by atoms with Crippen LogP contribution in [0.1, 0.15) is 21.5 Å². The second-order valence-corrected chi connectivity index (χ2v) is 6.43. The van der Waals surface area contributed by atoms with Crippen molar-refractivity contribution in [2.75, 3.05) is 0 Å². The Bertz CT molecular complexity index is 768. The normalized spacial score (nSPS) is 15.2. The van der Waals surface area contributed by atoms with Gasteiger partial charge in [0.2, 0.25) is 10.0 Å². The van der Waals surface area contributed by atoms with Crippen molar-refractivity contribution < 1.29 is 18.3 Å². The number of nitrogens with zero attached hydrogens (tertiary/aromatic N) is 2. The topological polar surface area (TPSA) is 103 Å². The highest BCUT2D eigenvalue weighted by atomic mass is 32.2. The second kappa shape index (κ2) is 4.43. The number of benzene rings is 1. The molecule has 0 radical (unpaired) electrons. The molecule has 2 N–H and O–H groups in total. The fraction of sp³-hybridized carbons (Fsp3) is 0.167. The molecule has 0 atom stereocenters. The number of carbonyl (C=O) groups is 1. The summed E-state index contributed by atoms with van der Waals surface area (Å²) in [5.41, 5.74) is 1.70. The third-order valence-electron chi connectivity index (χ3n) is 3.26. The summed E-state index contributed by atoms with van der Waals surface area (Å²) in [6.45, 7) is 0.409. The minimum absolute atomic E-state index is 0.101. The molecule has 0 saturated carbocycles. The maximum Gasteiger partial charge on any atom is 0.335 e. The quantitative estimate of drug-likeness (QED) is 0.871. The highest BCUT2D eigenvalue weighted by molar-refractivity contribution is 7.89. The summed E-state index contributed by atoms with van der Waals surface area (Å²) in [6.07, 6.45) is 2.57. The Balaban J connectivity index is 1.93. The molecule has 1 aromatic heterocycles. The van der Waals surface area contributed by atoms with Crippen molar-refractivity contribution >= 4 is 16.0 Å². The van der Waals surface area contributed by atoms with E-state index < -0.39 is 16.0 Å². The van der Waals surface area contributed by atoms with Gasteiger partial charge in [0.15, 0.2) is 0 Å². The van der Waals surface area contributed by atoms with Crippen LogP contribution in [0.2, 0.25) is 0 Å². The number of hydrogen-bond acceptors (Lipinski definition) is 4. The van der Waals surface area contributed by atoms with Crippen LogP contribution in [0.15, 0.2) is 35.5 Å². The second-order valence-electron chi connectivity index (χ2n) is 4.50. The third-order valence-corrected chi connectivity index (χ3v) is 5.01. The molecular weight excluding hydrogens is 282 g/mol. The van der Waals surface area contributed by atoms with E-state index in [2.05, 4.69) is 10.2 Å². The van der Waals surface area contributed by atoms with E-state index in [1.807, 2.05) is 0 Å². The van der Waals surface area contributed by atoms with E-state index >= 15 is 0 Å². The number of aromatic nitrogens is 2. The van der Waals surface area contributed by atoms with E-state index in [0.717, 1.165) is 11.1 Å². The molecule has 1 aromatic carbocycles. The molecule has 7 nitrogen and oxygen atoms in total. The van der Waals surface area contributed by atoms with Gasteiger partial charge in [0, 0.05) is 19.3 Å². The molecule has 2 aromatic rings. The fourth-order valence-electron chi connectivity index (χ4n) is 2.20. The Morgan fingerprint density at radius 2 is 2.05 bits per heavy atom. The number of H-pyrrole nitrogens is 1. The van der Waals surface area contributed by atoms with Crippen LogP contribution >= 0.6 is 0 Å². The number of hydrogen-bond donors (Lipinski definition) is 2. The molecule has 8 heteroatoms.